The van der Waals surface area contributed by atoms with Crippen molar-refractivity contribution in [3.05, 3.63) is 22.3 Å². The summed E-state index contributed by atoms with van der Waals surface area (Å²) in [7, 11) is 0. The van der Waals surface area contributed by atoms with Crippen molar-refractivity contribution in [2.24, 2.45) is 5.92 Å². The van der Waals surface area contributed by atoms with E-state index < -0.39 is 6.43 Å². The van der Waals surface area contributed by atoms with E-state index in [-0.39, 0.29) is 11.1 Å². The topological polar surface area (TPSA) is 24.9 Å². The molecule has 0 spiro atoms. The highest BCUT2D eigenvalue weighted by Gasteiger charge is 2.37. The number of hydrogen-bond acceptors (Lipinski definition) is 2. The van der Waals surface area contributed by atoms with Crippen LogP contribution in [0.15, 0.2) is 16.7 Å². The van der Waals surface area contributed by atoms with Gasteiger partial charge in [-0.3, -0.25) is 0 Å². The maximum absolute atomic E-state index is 12.7. The van der Waals surface area contributed by atoms with E-state index in [0.29, 0.717) is 16.3 Å². The van der Waals surface area contributed by atoms with E-state index in [0.717, 1.165) is 0 Å². The van der Waals surface area contributed by atoms with Crippen LogP contribution < -0.4 is 5.32 Å². The first kappa shape index (κ1) is 12.7. The van der Waals surface area contributed by atoms with Crippen molar-refractivity contribution in [2.75, 3.05) is 5.32 Å². The van der Waals surface area contributed by atoms with E-state index in [1.165, 1.54) is 25.0 Å². The molecule has 1 fully saturated rings. The molecule has 1 aliphatic carbocycles. The van der Waals surface area contributed by atoms with Gasteiger partial charge < -0.3 is 5.32 Å². The Bertz CT molecular complexity index is 417. The van der Waals surface area contributed by atoms with Crippen LogP contribution in [0, 0.1) is 5.92 Å². The molecule has 1 aromatic heterocycles. The number of pyridine rings is 1. The average Bonchev–Trinajstić information content (AvgIpc) is 2.98. The molecule has 0 radical (unpaired) electrons. The van der Waals surface area contributed by atoms with E-state index in [1.54, 1.807) is 0 Å². The normalized spacial score (nSPS) is 16.4. The van der Waals surface area contributed by atoms with E-state index in [9.17, 15) is 8.78 Å². The van der Waals surface area contributed by atoms with Gasteiger partial charge in [-0.2, -0.15) is 0 Å². The minimum atomic E-state index is -2.47. The monoisotopic (exact) mass is 304 g/mol. The molecule has 0 amide bonds. The summed E-state index contributed by atoms with van der Waals surface area (Å²) in [6.45, 7) is 4.16. The van der Waals surface area contributed by atoms with Gasteiger partial charge in [-0.15, -0.1) is 0 Å². The molecule has 5 heteroatoms. The van der Waals surface area contributed by atoms with Gasteiger partial charge >= 0.3 is 0 Å². The first-order chi connectivity index (χ1) is 7.88. The molecule has 2 rings (SSSR count). The van der Waals surface area contributed by atoms with Gasteiger partial charge in [-0.1, -0.05) is 0 Å². The van der Waals surface area contributed by atoms with Gasteiger partial charge in [0, 0.05) is 11.1 Å². The van der Waals surface area contributed by atoms with Crippen LogP contribution in [0.2, 0.25) is 0 Å². The number of alkyl halides is 2. The van der Waals surface area contributed by atoms with Crippen molar-refractivity contribution >= 4 is 21.7 Å². The Labute approximate surface area is 108 Å². The number of hydrogen-bond donors (Lipinski definition) is 1. The summed E-state index contributed by atoms with van der Waals surface area (Å²) in [4.78, 5) is 4.18. The summed E-state index contributed by atoms with van der Waals surface area (Å²) in [6.07, 6.45) is -0.0929. The zero-order chi connectivity index (χ0) is 12.6. The van der Waals surface area contributed by atoms with Gasteiger partial charge in [0.15, 0.2) is 0 Å². The van der Waals surface area contributed by atoms with Gasteiger partial charge in [-0.25, -0.2) is 13.8 Å². The highest BCUT2D eigenvalue weighted by Crippen LogP contribution is 2.41. The number of nitrogens with one attached hydrogen (secondary N) is 1. The molecule has 94 valence electrons. The molecule has 0 atom stereocenters. The largest absolute Gasteiger partial charge is 0.365 e. The zero-order valence-corrected chi connectivity index (χ0v) is 11.4. The molecule has 1 saturated carbocycles. The SMILES string of the molecule is CC(C)(Nc1cc(C(F)F)cc(Br)n1)C1CC1. The molecule has 0 aromatic carbocycles. The summed E-state index contributed by atoms with van der Waals surface area (Å²) in [5, 5.41) is 3.24. The summed E-state index contributed by atoms with van der Waals surface area (Å²) in [5.74, 6) is 1.12. The molecule has 17 heavy (non-hydrogen) atoms. The van der Waals surface area contributed by atoms with Gasteiger partial charge in [-0.05, 0) is 60.7 Å². The highest BCUT2D eigenvalue weighted by atomic mass is 79.9. The lowest BCUT2D eigenvalue weighted by Crippen LogP contribution is -2.33. The quantitative estimate of drug-likeness (QED) is 0.835. The number of halogens is 3. The molecule has 0 unspecified atom stereocenters. The second-order valence-electron chi connectivity index (χ2n) is 5.03. The molecule has 1 N–H and O–H groups in total. The Morgan fingerprint density at radius 3 is 2.59 bits per heavy atom. The lowest BCUT2D eigenvalue weighted by molar-refractivity contribution is 0.151. The second-order valence-corrected chi connectivity index (χ2v) is 5.84. The fourth-order valence-corrected chi connectivity index (χ4v) is 2.40. The van der Waals surface area contributed by atoms with E-state index in [1.807, 2.05) is 0 Å². The molecular formula is C12H15BrF2N2. The fourth-order valence-electron chi connectivity index (χ4n) is 1.94. The van der Waals surface area contributed by atoms with Crippen molar-refractivity contribution in [2.45, 2.75) is 38.7 Å². The minimum Gasteiger partial charge on any atom is -0.365 e. The Kier molecular flexibility index (Phi) is 3.39. The summed E-state index contributed by atoms with van der Waals surface area (Å²) in [6, 6.07) is 2.76. The van der Waals surface area contributed by atoms with E-state index in [4.69, 9.17) is 0 Å². The van der Waals surface area contributed by atoms with Crippen LogP contribution in [0.5, 0.6) is 0 Å². The van der Waals surface area contributed by atoms with Gasteiger partial charge in [0.25, 0.3) is 6.43 Å². The molecule has 1 aromatic rings. The maximum Gasteiger partial charge on any atom is 0.264 e. The number of anilines is 1. The predicted molar refractivity (Wildman–Crippen MR) is 67.3 cm³/mol. The van der Waals surface area contributed by atoms with Gasteiger partial charge in [0.05, 0.1) is 0 Å². The Morgan fingerprint density at radius 2 is 2.06 bits per heavy atom. The smallest absolute Gasteiger partial charge is 0.264 e. The van der Waals surface area contributed by atoms with Crippen molar-refractivity contribution in [1.29, 1.82) is 0 Å². The lowest BCUT2D eigenvalue weighted by atomic mass is 9.99. The molecule has 0 saturated heterocycles. The van der Waals surface area contributed by atoms with Crippen LogP contribution in [0.1, 0.15) is 38.7 Å². The molecule has 1 aliphatic rings. The van der Waals surface area contributed by atoms with E-state index in [2.05, 4.69) is 40.1 Å². The summed E-state index contributed by atoms with van der Waals surface area (Å²) in [5.41, 5.74) is -0.103. The first-order valence-corrected chi connectivity index (χ1v) is 6.41. The van der Waals surface area contributed by atoms with Crippen molar-refractivity contribution in [3.63, 3.8) is 0 Å². The summed E-state index contributed by atoms with van der Waals surface area (Å²) >= 11 is 3.16. The van der Waals surface area contributed by atoms with Crippen LogP contribution in [0.3, 0.4) is 0 Å². The maximum atomic E-state index is 12.7. The molecule has 0 aliphatic heterocycles. The Hall–Kier alpha value is -0.710. The minimum absolute atomic E-state index is 0.0130. The standard InChI is InChI=1S/C12H15BrF2N2/c1-12(2,8-3-4-8)17-10-6-7(11(14)15)5-9(13)16-10/h5-6,8,11H,3-4H2,1-2H3,(H,16,17). The third-order valence-electron chi connectivity index (χ3n) is 3.12. The third-order valence-corrected chi connectivity index (χ3v) is 3.52. The van der Waals surface area contributed by atoms with Crippen molar-refractivity contribution < 1.29 is 8.78 Å². The lowest BCUT2D eigenvalue weighted by Gasteiger charge is -2.27. The highest BCUT2D eigenvalue weighted by molar-refractivity contribution is 9.10. The molecule has 2 nitrogen and oxygen atoms in total. The molecular weight excluding hydrogens is 290 g/mol. The molecule has 1 heterocycles. The number of nitrogens with zero attached hydrogens (tertiary/aromatic N) is 1. The third kappa shape index (κ3) is 3.15. The van der Waals surface area contributed by atoms with Crippen LogP contribution in [-0.4, -0.2) is 10.5 Å². The number of rotatable bonds is 4. The van der Waals surface area contributed by atoms with E-state index >= 15 is 0 Å². The Balaban J connectivity index is 2.20. The number of aromatic nitrogens is 1. The van der Waals surface area contributed by atoms with Gasteiger partial charge in [0.2, 0.25) is 0 Å². The van der Waals surface area contributed by atoms with Crippen molar-refractivity contribution in [1.82, 2.24) is 4.98 Å². The first-order valence-electron chi connectivity index (χ1n) is 5.62. The van der Waals surface area contributed by atoms with Crippen molar-refractivity contribution in [3.8, 4) is 0 Å². The van der Waals surface area contributed by atoms with Crippen LogP contribution in [-0.2, 0) is 0 Å². The second kappa shape index (κ2) is 4.52. The van der Waals surface area contributed by atoms with Crippen LogP contribution >= 0.6 is 15.9 Å². The zero-order valence-electron chi connectivity index (χ0n) is 9.80. The molecule has 0 bridgehead atoms. The predicted octanol–water partition coefficient (Wildman–Crippen LogP) is 4.38. The Morgan fingerprint density at radius 1 is 1.41 bits per heavy atom. The average molecular weight is 305 g/mol. The summed E-state index contributed by atoms with van der Waals surface area (Å²) < 4.78 is 25.7. The fraction of sp³-hybridized carbons (Fsp3) is 0.583. The van der Waals surface area contributed by atoms with Gasteiger partial charge in [0.1, 0.15) is 10.4 Å². The van der Waals surface area contributed by atoms with Crippen LogP contribution in [0.25, 0.3) is 0 Å². The van der Waals surface area contributed by atoms with Crippen LogP contribution in [0.4, 0.5) is 14.6 Å².